The number of carboxylic acids is 1. The van der Waals surface area contributed by atoms with E-state index < -0.39 is 23.5 Å². The third-order valence-corrected chi connectivity index (χ3v) is 5.47. The summed E-state index contributed by atoms with van der Waals surface area (Å²) in [6, 6.07) is 2.42. The van der Waals surface area contributed by atoms with Gasteiger partial charge in [-0.15, -0.1) is 0 Å². The number of rotatable bonds is 5. The summed E-state index contributed by atoms with van der Waals surface area (Å²) in [5.74, 6) is -1.68. The molecule has 2 N–H and O–H groups in total. The number of aliphatic carboxylic acids is 1. The average Bonchev–Trinajstić information content (AvgIpc) is 3.08. The van der Waals surface area contributed by atoms with Gasteiger partial charge in [-0.05, 0) is 49.5 Å². The highest BCUT2D eigenvalue weighted by atomic mass is 16.4. The summed E-state index contributed by atoms with van der Waals surface area (Å²) >= 11 is 0. The quantitative estimate of drug-likeness (QED) is 0.494. The summed E-state index contributed by atoms with van der Waals surface area (Å²) in [6.07, 6.45) is 8.07. The van der Waals surface area contributed by atoms with E-state index in [-0.39, 0.29) is 12.0 Å². The molecule has 1 atom stereocenters. The van der Waals surface area contributed by atoms with Crippen LogP contribution in [0.25, 0.3) is 21.9 Å². The minimum Gasteiger partial charge on any atom is -0.479 e. The first kappa shape index (κ1) is 19.7. The zero-order valence-corrected chi connectivity index (χ0v) is 16.7. The molecule has 0 spiro atoms. The number of carboxylic acid groups (broad SMARTS) is 1. The summed E-state index contributed by atoms with van der Waals surface area (Å²) in [7, 11) is 0. The molecule has 7 heteroatoms. The third-order valence-electron chi connectivity index (χ3n) is 5.47. The molecule has 1 aliphatic carbocycles. The molecular weight excluding hydrogens is 386 g/mol. The Morgan fingerprint density at radius 3 is 2.67 bits per heavy atom. The maximum Gasteiger partial charge on any atom is 0.340 e. The molecule has 30 heavy (non-hydrogen) atoms. The molecule has 4 rings (SSSR count). The van der Waals surface area contributed by atoms with E-state index in [1.165, 1.54) is 0 Å². The van der Waals surface area contributed by atoms with E-state index in [2.05, 4.69) is 5.32 Å². The molecule has 0 radical (unpaired) electrons. The molecule has 7 nitrogen and oxygen atoms in total. The monoisotopic (exact) mass is 407 g/mol. The van der Waals surface area contributed by atoms with Crippen LogP contribution in [0.1, 0.15) is 29.5 Å². The molecule has 3 aromatic rings. The second-order valence-electron chi connectivity index (χ2n) is 7.46. The predicted octanol–water partition coefficient (Wildman–Crippen LogP) is 3.54. The molecule has 2 heterocycles. The molecule has 154 valence electrons. The molecule has 2 aromatic heterocycles. The van der Waals surface area contributed by atoms with Gasteiger partial charge in [-0.1, -0.05) is 18.2 Å². The number of amides is 1. The van der Waals surface area contributed by atoms with Crippen molar-refractivity contribution in [2.24, 2.45) is 0 Å². The van der Waals surface area contributed by atoms with E-state index in [0.29, 0.717) is 40.5 Å². The van der Waals surface area contributed by atoms with E-state index in [1.807, 2.05) is 25.1 Å². The van der Waals surface area contributed by atoms with Crippen molar-refractivity contribution in [3.8, 4) is 0 Å². The van der Waals surface area contributed by atoms with Gasteiger partial charge in [-0.3, -0.25) is 4.79 Å². The van der Waals surface area contributed by atoms with Gasteiger partial charge in [0.05, 0.1) is 18.2 Å². The standard InChI is InChI=1S/C23H21NO6/c1-12-11-29-18-10-19-16(8-15(12)18)13(2)17(23(28)30-19)9-20(25)24-21(22(26)27)14-6-4-3-5-7-14/h3-4,7-8,10-11,21H,5-6,9H2,1-2H3,(H,24,25)(H,26,27)/t21-/m1/s1. The topological polar surface area (TPSA) is 110 Å². The predicted molar refractivity (Wildman–Crippen MR) is 111 cm³/mol. The number of hydrogen-bond donors (Lipinski definition) is 2. The SMILES string of the molecule is Cc1coc2cc3oc(=O)c(CC(=O)N[C@@H](C(=O)O)C4=CCC=CC4)c(C)c3cc12. The van der Waals surface area contributed by atoms with E-state index in [0.717, 1.165) is 10.9 Å². The van der Waals surface area contributed by atoms with Crippen molar-refractivity contribution in [1.82, 2.24) is 5.32 Å². The second kappa shape index (κ2) is 7.67. The van der Waals surface area contributed by atoms with Crippen molar-refractivity contribution < 1.29 is 23.5 Å². The summed E-state index contributed by atoms with van der Waals surface area (Å²) in [5.41, 5.74) is 2.80. The number of furan rings is 1. The van der Waals surface area contributed by atoms with Gasteiger partial charge in [0, 0.05) is 16.8 Å². The fourth-order valence-electron chi connectivity index (χ4n) is 3.78. The maximum absolute atomic E-state index is 12.6. The number of nitrogens with one attached hydrogen (secondary N) is 1. The van der Waals surface area contributed by atoms with Gasteiger partial charge >= 0.3 is 11.6 Å². The minimum absolute atomic E-state index is 0.210. The van der Waals surface area contributed by atoms with Crippen molar-refractivity contribution in [2.75, 3.05) is 0 Å². The Morgan fingerprint density at radius 2 is 1.97 bits per heavy atom. The lowest BCUT2D eigenvalue weighted by Gasteiger charge is -2.19. The largest absolute Gasteiger partial charge is 0.479 e. The number of carbonyl (C=O) groups excluding carboxylic acids is 1. The first-order valence-corrected chi connectivity index (χ1v) is 9.65. The van der Waals surface area contributed by atoms with Crippen LogP contribution in [0.5, 0.6) is 0 Å². The van der Waals surface area contributed by atoms with Gasteiger partial charge in [0.2, 0.25) is 5.91 Å². The minimum atomic E-state index is -1.13. The van der Waals surface area contributed by atoms with Gasteiger partial charge in [-0.25, -0.2) is 9.59 Å². The van der Waals surface area contributed by atoms with Gasteiger partial charge in [0.1, 0.15) is 17.2 Å². The highest BCUT2D eigenvalue weighted by molar-refractivity contribution is 5.97. The molecule has 0 saturated heterocycles. The zero-order chi connectivity index (χ0) is 21.4. The third kappa shape index (κ3) is 3.54. The molecule has 1 amide bonds. The van der Waals surface area contributed by atoms with E-state index >= 15 is 0 Å². The number of fused-ring (bicyclic) bond motifs is 2. The first-order valence-electron chi connectivity index (χ1n) is 9.65. The molecule has 0 fully saturated rings. The molecular formula is C23H21NO6. The molecule has 0 aliphatic heterocycles. The molecule has 0 bridgehead atoms. The van der Waals surface area contributed by atoms with Crippen molar-refractivity contribution in [1.29, 1.82) is 0 Å². The van der Waals surface area contributed by atoms with Gasteiger partial charge in [0.25, 0.3) is 0 Å². The van der Waals surface area contributed by atoms with Crippen LogP contribution in [0, 0.1) is 13.8 Å². The Hall–Kier alpha value is -3.61. The molecule has 0 unspecified atom stereocenters. The summed E-state index contributed by atoms with van der Waals surface area (Å²) in [4.78, 5) is 36.8. The number of aryl methyl sites for hydroxylation is 2. The van der Waals surface area contributed by atoms with E-state index in [9.17, 15) is 19.5 Å². The van der Waals surface area contributed by atoms with E-state index in [4.69, 9.17) is 8.83 Å². The lowest BCUT2D eigenvalue weighted by Crippen LogP contribution is -2.43. The van der Waals surface area contributed by atoms with Crippen molar-refractivity contribution >= 4 is 33.8 Å². The molecule has 1 aromatic carbocycles. The van der Waals surface area contributed by atoms with Crippen molar-refractivity contribution in [2.45, 2.75) is 39.2 Å². The van der Waals surface area contributed by atoms with Gasteiger partial charge in [-0.2, -0.15) is 0 Å². The first-order chi connectivity index (χ1) is 14.3. The Balaban J connectivity index is 1.65. The van der Waals surface area contributed by atoms with Crippen LogP contribution in [0.15, 0.2) is 55.8 Å². The average molecular weight is 407 g/mol. The van der Waals surface area contributed by atoms with Crippen LogP contribution in [0.3, 0.4) is 0 Å². The highest BCUT2D eigenvalue weighted by Gasteiger charge is 2.25. The van der Waals surface area contributed by atoms with Crippen molar-refractivity contribution in [3.63, 3.8) is 0 Å². The summed E-state index contributed by atoms with van der Waals surface area (Å²) in [6.45, 7) is 3.67. The Labute approximate surface area is 171 Å². The van der Waals surface area contributed by atoms with E-state index in [1.54, 1.807) is 25.3 Å². The lowest BCUT2D eigenvalue weighted by atomic mass is 9.97. The van der Waals surface area contributed by atoms with Crippen LogP contribution in [0.4, 0.5) is 0 Å². The van der Waals surface area contributed by atoms with Crippen LogP contribution < -0.4 is 10.9 Å². The Morgan fingerprint density at radius 1 is 1.17 bits per heavy atom. The fraction of sp³-hybridized carbons (Fsp3) is 0.261. The Bertz CT molecular complexity index is 1290. The van der Waals surface area contributed by atoms with Crippen LogP contribution in [-0.2, 0) is 16.0 Å². The highest BCUT2D eigenvalue weighted by Crippen LogP contribution is 2.29. The summed E-state index contributed by atoms with van der Waals surface area (Å²) in [5, 5.41) is 13.7. The maximum atomic E-state index is 12.6. The van der Waals surface area contributed by atoms with Gasteiger partial charge < -0.3 is 19.3 Å². The lowest BCUT2D eigenvalue weighted by molar-refractivity contribution is -0.140. The molecule has 0 saturated carbocycles. The number of carbonyl (C=O) groups is 2. The number of benzene rings is 1. The van der Waals surface area contributed by atoms with Crippen LogP contribution in [0.2, 0.25) is 0 Å². The van der Waals surface area contributed by atoms with Crippen LogP contribution >= 0.6 is 0 Å². The smallest absolute Gasteiger partial charge is 0.340 e. The normalized spacial score (nSPS) is 14.7. The summed E-state index contributed by atoms with van der Waals surface area (Å²) < 4.78 is 10.9. The van der Waals surface area contributed by atoms with Gasteiger partial charge in [0.15, 0.2) is 0 Å². The fourth-order valence-corrected chi connectivity index (χ4v) is 3.78. The van der Waals surface area contributed by atoms with Crippen LogP contribution in [-0.4, -0.2) is 23.0 Å². The second-order valence-corrected chi connectivity index (χ2v) is 7.46. The molecule has 1 aliphatic rings. The zero-order valence-electron chi connectivity index (χ0n) is 16.7. The number of allylic oxidation sites excluding steroid dienone is 3. The van der Waals surface area contributed by atoms with Crippen molar-refractivity contribution in [3.05, 3.63) is 69.3 Å². The Kier molecular flexibility index (Phi) is 5.03. The number of hydrogen-bond acceptors (Lipinski definition) is 5.